The van der Waals surface area contributed by atoms with E-state index in [4.69, 9.17) is 9.26 Å². The molecule has 34 heavy (non-hydrogen) atoms. The van der Waals surface area contributed by atoms with Crippen LogP contribution >= 0.6 is 0 Å². The van der Waals surface area contributed by atoms with Crippen LogP contribution in [0.1, 0.15) is 58.4 Å². The standard InChI is InChI=1S/C26H28N4O4/c1-3-30-10-8-26(9-11-30)14-23(31)21-13-18(5-7-24(21)33-26)22-6-4-19(15-27-22)25(32)28-16-20-12-17(2)29-34-20/h4-7,12-13,15H,3,8-11,14,16H2,1-2H3,(H,28,32). The van der Waals surface area contributed by atoms with Crippen LogP contribution in [0.5, 0.6) is 5.75 Å². The molecule has 176 valence electrons. The second-order valence-corrected chi connectivity index (χ2v) is 9.08. The highest BCUT2D eigenvalue weighted by Crippen LogP contribution is 2.40. The number of aryl methyl sites for hydroxylation is 1. The number of hydrogen-bond donors (Lipinski definition) is 1. The molecule has 3 aromatic rings. The zero-order valence-corrected chi connectivity index (χ0v) is 19.5. The van der Waals surface area contributed by atoms with Gasteiger partial charge < -0.3 is 19.5 Å². The monoisotopic (exact) mass is 460 g/mol. The number of ketones is 1. The van der Waals surface area contributed by atoms with E-state index in [-0.39, 0.29) is 23.8 Å². The highest BCUT2D eigenvalue weighted by Gasteiger charge is 2.42. The molecule has 1 fully saturated rings. The summed E-state index contributed by atoms with van der Waals surface area (Å²) in [5.74, 6) is 1.12. The van der Waals surface area contributed by atoms with Gasteiger partial charge in [0.05, 0.1) is 35.5 Å². The van der Waals surface area contributed by atoms with E-state index < -0.39 is 0 Å². The van der Waals surface area contributed by atoms with Crippen molar-refractivity contribution in [3.05, 3.63) is 65.2 Å². The van der Waals surface area contributed by atoms with Crippen LogP contribution in [0.2, 0.25) is 0 Å². The summed E-state index contributed by atoms with van der Waals surface area (Å²) in [4.78, 5) is 32.3. The maximum Gasteiger partial charge on any atom is 0.253 e. The molecule has 1 aromatic carbocycles. The van der Waals surface area contributed by atoms with Gasteiger partial charge in [-0.05, 0) is 43.8 Å². The Hall–Kier alpha value is -3.52. The van der Waals surface area contributed by atoms with E-state index in [1.165, 1.54) is 6.20 Å². The molecule has 0 bridgehead atoms. The van der Waals surface area contributed by atoms with Crippen LogP contribution in [0.4, 0.5) is 0 Å². The number of nitrogens with one attached hydrogen (secondary N) is 1. The largest absolute Gasteiger partial charge is 0.486 e. The number of carbonyl (C=O) groups is 2. The highest BCUT2D eigenvalue weighted by molar-refractivity contribution is 6.01. The number of ether oxygens (including phenoxy) is 1. The molecular formula is C26H28N4O4. The van der Waals surface area contributed by atoms with Gasteiger partial charge in [-0.2, -0.15) is 0 Å². The molecule has 8 heteroatoms. The van der Waals surface area contributed by atoms with Crippen molar-refractivity contribution in [3.63, 3.8) is 0 Å². The van der Waals surface area contributed by atoms with Gasteiger partial charge in [-0.15, -0.1) is 0 Å². The molecule has 1 N–H and O–H groups in total. The predicted molar refractivity (Wildman–Crippen MR) is 126 cm³/mol. The molecule has 4 heterocycles. The van der Waals surface area contributed by atoms with Crippen LogP contribution in [-0.2, 0) is 6.54 Å². The van der Waals surface area contributed by atoms with Crippen LogP contribution in [0.15, 0.2) is 47.1 Å². The molecule has 1 spiro atoms. The maximum absolute atomic E-state index is 13.0. The zero-order chi connectivity index (χ0) is 23.7. The van der Waals surface area contributed by atoms with E-state index in [2.05, 4.69) is 27.3 Å². The van der Waals surface area contributed by atoms with Crippen molar-refractivity contribution < 1.29 is 18.8 Å². The first-order chi connectivity index (χ1) is 16.4. The quantitative estimate of drug-likeness (QED) is 0.619. The first kappa shape index (κ1) is 22.3. The Morgan fingerprint density at radius 2 is 2.00 bits per heavy atom. The van der Waals surface area contributed by atoms with E-state index in [0.717, 1.165) is 43.7 Å². The van der Waals surface area contributed by atoms with Crippen LogP contribution < -0.4 is 10.1 Å². The van der Waals surface area contributed by atoms with Crippen molar-refractivity contribution >= 4 is 11.7 Å². The number of piperidine rings is 1. The number of pyridine rings is 1. The molecule has 2 aliphatic rings. The van der Waals surface area contributed by atoms with Gasteiger partial charge in [0.1, 0.15) is 11.4 Å². The molecule has 0 saturated carbocycles. The van der Waals surface area contributed by atoms with Crippen molar-refractivity contribution in [1.82, 2.24) is 20.4 Å². The fraction of sp³-hybridized carbons (Fsp3) is 0.385. The fourth-order valence-electron chi connectivity index (χ4n) is 4.68. The predicted octanol–water partition coefficient (Wildman–Crippen LogP) is 3.79. The summed E-state index contributed by atoms with van der Waals surface area (Å²) in [6.45, 7) is 7.18. The number of likely N-dealkylation sites (tertiary alicyclic amines) is 1. The second kappa shape index (κ2) is 9.02. The molecular weight excluding hydrogens is 432 g/mol. The Kier molecular flexibility index (Phi) is 5.91. The Morgan fingerprint density at radius 1 is 1.18 bits per heavy atom. The number of carbonyl (C=O) groups excluding carboxylic acids is 2. The molecule has 1 saturated heterocycles. The number of benzene rings is 1. The number of Topliss-reactive ketones (excluding diaryl/α,β-unsaturated/α-hetero) is 1. The van der Waals surface area contributed by atoms with E-state index in [1.807, 2.05) is 25.1 Å². The minimum atomic E-state index is -0.380. The highest BCUT2D eigenvalue weighted by atomic mass is 16.5. The van der Waals surface area contributed by atoms with Gasteiger partial charge in [-0.25, -0.2) is 0 Å². The zero-order valence-electron chi connectivity index (χ0n) is 19.5. The van der Waals surface area contributed by atoms with Crippen molar-refractivity contribution in [2.75, 3.05) is 19.6 Å². The lowest BCUT2D eigenvalue weighted by Crippen LogP contribution is -2.50. The molecule has 0 radical (unpaired) electrons. The third-order valence-electron chi connectivity index (χ3n) is 6.73. The number of amides is 1. The minimum Gasteiger partial charge on any atom is -0.486 e. The fourth-order valence-corrected chi connectivity index (χ4v) is 4.68. The maximum atomic E-state index is 13.0. The van der Waals surface area contributed by atoms with E-state index in [0.29, 0.717) is 34.8 Å². The third kappa shape index (κ3) is 4.46. The molecule has 0 unspecified atom stereocenters. The summed E-state index contributed by atoms with van der Waals surface area (Å²) < 4.78 is 11.5. The minimum absolute atomic E-state index is 0.117. The Bertz CT molecular complexity index is 1210. The number of aromatic nitrogens is 2. The van der Waals surface area contributed by atoms with Gasteiger partial charge in [0.15, 0.2) is 11.5 Å². The van der Waals surface area contributed by atoms with Gasteiger partial charge in [-0.1, -0.05) is 12.1 Å². The first-order valence-electron chi connectivity index (χ1n) is 11.7. The van der Waals surface area contributed by atoms with Gasteiger partial charge in [0.2, 0.25) is 0 Å². The van der Waals surface area contributed by atoms with Crippen LogP contribution in [0, 0.1) is 6.92 Å². The summed E-state index contributed by atoms with van der Waals surface area (Å²) in [5, 5.41) is 6.60. The topological polar surface area (TPSA) is 97.6 Å². The van der Waals surface area contributed by atoms with Gasteiger partial charge in [0, 0.05) is 43.8 Å². The molecule has 0 atom stereocenters. The average molecular weight is 461 g/mol. The molecule has 5 rings (SSSR count). The van der Waals surface area contributed by atoms with Crippen molar-refractivity contribution in [2.24, 2.45) is 0 Å². The normalized spacial score (nSPS) is 17.3. The molecule has 8 nitrogen and oxygen atoms in total. The summed E-state index contributed by atoms with van der Waals surface area (Å²) in [6, 6.07) is 10.9. The van der Waals surface area contributed by atoms with Crippen LogP contribution in [-0.4, -0.2) is 52.0 Å². The number of nitrogens with zero attached hydrogens (tertiary/aromatic N) is 3. The van der Waals surface area contributed by atoms with E-state index in [9.17, 15) is 9.59 Å². The van der Waals surface area contributed by atoms with Crippen LogP contribution in [0.3, 0.4) is 0 Å². The average Bonchev–Trinajstić information content (AvgIpc) is 3.28. The summed E-state index contributed by atoms with van der Waals surface area (Å²) in [5.41, 5.74) is 2.94. The Labute approximate surface area is 198 Å². The Morgan fingerprint density at radius 3 is 2.68 bits per heavy atom. The summed E-state index contributed by atoms with van der Waals surface area (Å²) in [7, 11) is 0. The second-order valence-electron chi connectivity index (χ2n) is 9.08. The number of rotatable bonds is 5. The SMILES string of the molecule is CCN1CCC2(CC1)CC(=O)c1cc(-c3ccc(C(=O)NCc4cc(C)no4)cn3)ccc1O2. The first-order valence-corrected chi connectivity index (χ1v) is 11.7. The van der Waals surface area contributed by atoms with Crippen molar-refractivity contribution in [2.45, 2.75) is 45.3 Å². The molecule has 1 amide bonds. The summed E-state index contributed by atoms with van der Waals surface area (Å²) >= 11 is 0. The summed E-state index contributed by atoms with van der Waals surface area (Å²) in [6.07, 6.45) is 3.69. The lowest BCUT2D eigenvalue weighted by atomic mass is 9.82. The number of fused-ring (bicyclic) bond motifs is 1. The van der Waals surface area contributed by atoms with Crippen LogP contribution in [0.25, 0.3) is 11.3 Å². The molecule has 0 aliphatic carbocycles. The Balaban J connectivity index is 1.27. The van der Waals surface area contributed by atoms with Gasteiger partial charge >= 0.3 is 0 Å². The number of hydrogen-bond acceptors (Lipinski definition) is 7. The van der Waals surface area contributed by atoms with Crippen molar-refractivity contribution in [3.8, 4) is 17.0 Å². The van der Waals surface area contributed by atoms with Gasteiger partial charge in [0.25, 0.3) is 5.91 Å². The van der Waals surface area contributed by atoms with Crippen molar-refractivity contribution in [1.29, 1.82) is 0 Å². The lowest BCUT2D eigenvalue weighted by Gasteiger charge is -2.43. The molecule has 2 aromatic heterocycles. The van der Waals surface area contributed by atoms with E-state index >= 15 is 0 Å². The third-order valence-corrected chi connectivity index (χ3v) is 6.73. The lowest BCUT2D eigenvalue weighted by molar-refractivity contribution is -0.00779. The smallest absolute Gasteiger partial charge is 0.253 e. The molecule has 2 aliphatic heterocycles. The van der Waals surface area contributed by atoms with E-state index in [1.54, 1.807) is 18.2 Å². The van der Waals surface area contributed by atoms with Gasteiger partial charge in [-0.3, -0.25) is 14.6 Å².